The first-order valence-corrected chi connectivity index (χ1v) is 7.74. The van der Waals surface area contributed by atoms with E-state index in [0.717, 1.165) is 34.8 Å². The van der Waals surface area contributed by atoms with Crippen LogP contribution in [0.3, 0.4) is 0 Å². The monoisotopic (exact) mass is 312 g/mol. The van der Waals surface area contributed by atoms with Crippen LogP contribution >= 0.6 is 0 Å². The molecule has 0 aliphatic rings. The summed E-state index contributed by atoms with van der Waals surface area (Å²) in [5.41, 5.74) is 3.79. The molecule has 0 spiro atoms. The summed E-state index contributed by atoms with van der Waals surface area (Å²) < 4.78 is 7.08. The van der Waals surface area contributed by atoms with Gasteiger partial charge in [-0.2, -0.15) is 0 Å². The number of rotatable bonds is 6. The fraction of sp³-hybridized carbons (Fsp3) is 0.353. The van der Waals surface area contributed by atoms with E-state index in [9.17, 15) is 4.79 Å². The van der Waals surface area contributed by atoms with Gasteiger partial charge in [0.05, 0.1) is 11.4 Å². The maximum atomic E-state index is 11.9. The molecule has 3 heterocycles. The number of carbonyl (C=O) groups excluding carboxylic acids is 1. The number of hydrogen-bond donors (Lipinski definition) is 1. The highest BCUT2D eigenvalue weighted by Gasteiger charge is 2.11. The second-order valence-electron chi connectivity index (χ2n) is 5.60. The third kappa shape index (κ3) is 3.59. The van der Waals surface area contributed by atoms with Gasteiger partial charge in [-0.05, 0) is 32.4 Å². The molecule has 0 aliphatic carbocycles. The Balaban J connectivity index is 1.46. The van der Waals surface area contributed by atoms with Gasteiger partial charge >= 0.3 is 0 Å². The normalized spacial score (nSPS) is 11.0. The Hall–Kier alpha value is -2.63. The predicted octanol–water partition coefficient (Wildman–Crippen LogP) is 2.23. The SMILES string of the molecule is Cc1noc(C)c1CCC(=O)NCCc1cn2ccccc2n1. The van der Waals surface area contributed by atoms with Gasteiger partial charge in [-0.15, -0.1) is 0 Å². The van der Waals surface area contributed by atoms with Crippen molar-refractivity contribution in [2.45, 2.75) is 33.1 Å². The molecule has 0 atom stereocenters. The summed E-state index contributed by atoms with van der Waals surface area (Å²) in [6.07, 6.45) is 5.77. The quantitative estimate of drug-likeness (QED) is 0.757. The van der Waals surface area contributed by atoms with Gasteiger partial charge in [0, 0.05) is 37.3 Å². The summed E-state index contributed by atoms with van der Waals surface area (Å²) in [6, 6.07) is 5.89. The van der Waals surface area contributed by atoms with Crippen LogP contribution < -0.4 is 5.32 Å². The van der Waals surface area contributed by atoms with Crippen molar-refractivity contribution < 1.29 is 9.32 Å². The molecule has 0 saturated heterocycles. The fourth-order valence-electron chi connectivity index (χ4n) is 2.62. The number of pyridine rings is 1. The molecular weight excluding hydrogens is 292 g/mol. The van der Waals surface area contributed by atoms with Crippen LogP contribution in [0.1, 0.15) is 29.1 Å². The Morgan fingerprint density at radius 2 is 2.17 bits per heavy atom. The molecule has 0 bridgehead atoms. The topological polar surface area (TPSA) is 72.4 Å². The van der Waals surface area contributed by atoms with Crippen LogP contribution in [-0.2, 0) is 17.6 Å². The predicted molar refractivity (Wildman–Crippen MR) is 86.2 cm³/mol. The lowest BCUT2D eigenvalue weighted by Gasteiger charge is -2.04. The maximum Gasteiger partial charge on any atom is 0.220 e. The molecule has 1 amide bonds. The average Bonchev–Trinajstić information content (AvgIpc) is 3.08. The molecule has 0 saturated carbocycles. The number of nitrogens with zero attached hydrogens (tertiary/aromatic N) is 3. The molecule has 3 rings (SSSR count). The van der Waals surface area contributed by atoms with E-state index in [1.54, 1.807) is 0 Å². The van der Waals surface area contributed by atoms with Gasteiger partial charge in [0.15, 0.2) is 0 Å². The van der Waals surface area contributed by atoms with Crippen LogP contribution in [0.5, 0.6) is 0 Å². The van der Waals surface area contributed by atoms with E-state index in [4.69, 9.17) is 4.52 Å². The van der Waals surface area contributed by atoms with Gasteiger partial charge in [-0.25, -0.2) is 4.98 Å². The van der Waals surface area contributed by atoms with Crippen molar-refractivity contribution in [1.29, 1.82) is 0 Å². The summed E-state index contributed by atoms with van der Waals surface area (Å²) in [5, 5.41) is 6.84. The van der Waals surface area contributed by atoms with E-state index in [1.165, 1.54) is 0 Å². The Morgan fingerprint density at radius 1 is 1.30 bits per heavy atom. The second kappa shape index (κ2) is 6.64. The molecule has 3 aromatic rings. The van der Waals surface area contributed by atoms with Gasteiger partial charge in [-0.1, -0.05) is 11.2 Å². The number of carbonyl (C=O) groups is 1. The van der Waals surface area contributed by atoms with Crippen LogP contribution in [-0.4, -0.2) is 27.0 Å². The Bertz CT molecular complexity index is 766. The lowest BCUT2D eigenvalue weighted by atomic mass is 10.1. The van der Waals surface area contributed by atoms with E-state index in [2.05, 4.69) is 15.5 Å². The molecule has 6 nitrogen and oxygen atoms in total. The average molecular weight is 312 g/mol. The Kier molecular flexibility index (Phi) is 4.41. The molecule has 0 aliphatic heterocycles. The summed E-state index contributed by atoms with van der Waals surface area (Å²) in [6.45, 7) is 4.36. The van der Waals surface area contributed by atoms with Gasteiger partial charge in [-0.3, -0.25) is 4.79 Å². The van der Waals surface area contributed by atoms with Crippen LogP contribution in [0.2, 0.25) is 0 Å². The number of fused-ring (bicyclic) bond motifs is 1. The van der Waals surface area contributed by atoms with Crippen molar-refractivity contribution in [3.63, 3.8) is 0 Å². The van der Waals surface area contributed by atoms with Crippen LogP contribution in [0.4, 0.5) is 0 Å². The molecule has 0 radical (unpaired) electrons. The highest BCUT2D eigenvalue weighted by atomic mass is 16.5. The first-order valence-electron chi connectivity index (χ1n) is 7.74. The standard InChI is InChI=1S/C17H20N4O2/c1-12-15(13(2)23-20-12)6-7-17(22)18-9-8-14-11-21-10-4-3-5-16(21)19-14/h3-5,10-11H,6-9H2,1-2H3,(H,18,22). The van der Waals surface area contributed by atoms with Crippen molar-refractivity contribution in [1.82, 2.24) is 19.9 Å². The van der Waals surface area contributed by atoms with Crippen LogP contribution in [0, 0.1) is 13.8 Å². The van der Waals surface area contributed by atoms with Crippen molar-refractivity contribution in [3.05, 3.63) is 53.3 Å². The van der Waals surface area contributed by atoms with Crippen molar-refractivity contribution in [2.24, 2.45) is 0 Å². The Labute approximate surface area is 134 Å². The molecular formula is C17H20N4O2. The number of nitrogens with one attached hydrogen (secondary N) is 1. The first-order chi connectivity index (χ1) is 11.1. The summed E-state index contributed by atoms with van der Waals surface area (Å²) in [5.74, 6) is 0.828. The first kappa shape index (κ1) is 15.3. The van der Waals surface area contributed by atoms with Gasteiger partial charge in [0.1, 0.15) is 11.4 Å². The smallest absolute Gasteiger partial charge is 0.220 e. The number of aryl methyl sites for hydroxylation is 2. The molecule has 0 aromatic carbocycles. The Morgan fingerprint density at radius 3 is 2.91 bits per heavy atom. The zero-order chi connectivity index (χ0) is 16.2. The molecule has 23 heavy (non-hydrogen) atoms. The minimum Gasteiger partial charge on any atom is -0.361 e. The highest BCUT2D eigenvalue weighted by Crippen LogP contribution is 2.14. The lowest BCUT2D eigenvalue weighted by Crippen LogP contribution is -2.26. The van der Waals surface area contributed by atoms with Crippen molar-refractivity contribution >= 4 is 11.6 Å². The molecule has 120 valence electrons. The summed E-state index contributed by atoms with van der Waals surface area (Å²) in [7, 11) is 0. The molecule has 3 aromatic heterocycles. The molecule has 1 N–H and O–H groups in total. The lowest BCUT2D eigenvalue weighted by molar-refractivity contribution is -0.121. The van der Waals surface area contributed by atoms with Crippen LogP contribution in [0.25, 0.3) is 5.65 Å². The van der Waals surface area contributed by atoms with Crippen LogP contribution in [0.15, 0.2) is 35.1 Å². The zero-order valence-electron chi connectivity index (χ0n) is 13.4. The third-order valence-corrected chi connectivity index (χ3v) is 3.90. The van der Waals surface area contributed by atoms with Gasteiger partial charge in [0.25, 0.3) is 0 Å². The molecule has 0 unspecified atom stereocenters. The van der Waals surface area contributed by atoms with E-state index in [1.807, 2.05) is 48.8 Å². The fourth-order valence-corrected chi connectivity index (χ4v) is 2.62. The molecule has 0 fully saturated rings. The van der Waals surface area contributed by atoms with Gasteiger partial charge < -0.3 is 14.2 Å². The molecule has 6 heteroatoms. The van der Waals surface area contributed by atoms with E-state index in [0.29, 0.717) is 19.4 Å². The third-order valence-electron chi connectivity index (χ3n) is 3.90. The number of imidazole rings is 1. The number of amides is 1. The number of aromatic nitrogens is 3. The van der Waals surface area contributed by atoms with E-state index < -0.39 is 0 Å². The zero-order valence-corrected chi connectivity index (χ0v) is 13.4. The second-order valence-corrected chi connectivity index (χ2v) is 5.60. The maximum absolute atomic E-state index is 11.9. The summed E-state index contributed by atoms with van der Waals surface area (Å²) >= 11 is 0. The van der Waals surface area contributed by atoms with Gasteiger partial charge in [0.2, 0.25) is 5.91 Å². The van der Waals surface area contributed by atoms with E-state index in [-0.39, 0.29) is 5.91 Å². The van der Waals surface area contributed by atoms with Crippen molar-refractivity contribution in [2.75, 3.05) is 6.54 Å². The summed E-state index contributed by atoms with van der Waals surface area (Å²) in [4.78, 5) is 16.4. The largest absolute Gasteiger partial charge is 0.361 e. The van der Waals surface area contributed by atoms with Crippen molar-refractivity contribution in [3.8, 4) is 0 Å². The number of hydrogen-bond acceptors (Lipinski definition) is 4. The van der Waals surface area contributed by atoms with E-state index >= 15 is 0 Å². The minimum absolute atomic E-state index is 0.0359. The highest BCUT2D eigenvalue weighted by molar-refractivity contribution is 5.76. The minimum atomic E-state index is 0.0359.